The van der Waals surface area contributed by atoms with Crippen molar-refractivity contribution in [2.45, 2.75) is 44.3 Å². The number of amides is 1. The average molecular weight is 400 g/mol. The lowest BCUT2D eigenvalue weighted by Crippen LogP contribution is -2.51. The van der Waals surface area contributed by atoms with Gasteiger partial charge in [0.1, 0.15) is 0 Å². The number of fused-ring (bicyclic) bond motifs is 2. The van der Waals surface area contributed by atoms with Crippen molar-refractivity contribution in [1.29, 1.82) is 0 Å². The zero-order valence-electron chi connectivity index (χ0n) is 15.9. The van der Waals surface area contributed by atoms with Crippen molar-refractivity contribution < 1.29 is 9.90 Å². The summed E-state index contributed by atoms with van der Waals surface area (Å²) in [6.45, 7) is 0.987. The second-order valence-electron chi connectivity index (χ2n) is 7.89. The van der Waals surface area contributed by atoms with Gasteiger partial charge in [0.2, 0.25) is 5.91 Å². The molecule has 2 fully saturated rings. The number of hydrogen-bond donors (Lipinski definition) is 2. The molecule has 2 bridgehead atoms. The Morgan fingerprint density at radius 1 is 1.29 bits per heavy atom. The fourth-order valence-corrected chi connectivity index (χ4v) is 5.27. The first kappa shape index (κ1) is 19.4. The number of aliphatic hydroxyl groups is 1. The van der Waals surface area contributed by atoms with E-state index in [9.17, 15) is 9.90 Å². The molecule has 2 N–H and O–H groups in total. The van der Waals surface area contributed by atoms with Crippen molar-refractivity contribution in [3.8, 4) is 0 Å². The van der Waals surface area contributed by atoms with E-state index >= 15 is 0 Å². The van der Waals surface area contributed by atoms with Crippen LogP contribution in [0.2, 0.25) is 5.02 Å². The van der Waals surface area contributed by atoms with Crippen LogP contribution in [0.5, 0.6) is 0 Å². The van der Waals surface area contributed by atoms with E-state index in [1.54, 1.807) is 12.4 Å². The van der Waals surface area contributed by atoms with Gasteiger partial charge in [0.05, 0.1) is 17.0 Å². The fourth-order valence-electron chi connectivity index (χ4n) is 5.09. The number of hydrogen-bond acceptors (Lipinski definition) is 4. The molecule has 0 unspecified atom stereocenters. The number of benzene rings is 1. The molecule has 3 heterocycles. The standard InChI is InChI=1S/C22H26ClN3O2/c23-19-14-24-9-8-17(19)15-26-18-6-7-20(26)22(13-18,21(28)25-10-11-27)12-16-4-2-1-3-5-16/h1-5,8-9,14,18,20,27H,6-7,10-13,15H2,(H,25,28)/t18-,20+,22+/m0/s1. The van der Waals surface area contributed by atoms with E-state index in [1.807, 2.05) is 24.3 Å². The van der Waals surface area contributed by atoms with Gasteiger partial charge < -0.3 is 10.4 Å². The fraction of sp³-hybridized carbons (Fsp3) is 0.455. The van der Waals surface area contributed by atoms with E-state index < -0.39 is 5.41 Å². The Morgan fingerprint density at radius 2 is 2.11 bits per heavy atom. The highest BCUT2D eigenvalue weighted by Gasteiger charge is 2.59. The molecule has 0 spiro atoms. The summed E-state index contributed by atoms with van der Waals surface area (Å²) in [6.07, 6.45) is 7.12. The minimum absolute atomic E-state index is 0.0441. The van der Waals surface area contributed by atoms with Crippen molar-refractivity contribution in [3.05, 3.63) is 64.9 Å². The molecule has 0 saturated carbocycles. The number of halogens is 1. The molecular weight excluding hydrogens is 374 g/mol. The van der Waals surface area contributed by atoms with Gasteiger partial charge in [-0.1, -0.05) is 41.9 Å². The van der Waals surface area contributed by atoms with Gasteiger partial charge in [-0.25, -0.2) is 0 Å². The van der Waals surface area contributed by atoms with E-state index in [-0.39, 0.29) is 18.6 Å². The summed E-state index contributed by atoms with van der Waals surface area (Å²) in [5, 5.41) is 12.8. The zero-order valence-corrected chi connectivity index (χ0v) is 16.6. The topological polar surface area (TPSA) is 65.5 Å². The van der Waals surface area contributed by atoms with Crippen LogP contribution in [-0.2, 0) is 17.8 Å². The second kappa shape index (κ2) is 8.19. The smallest absolute Gasteiger partial charge is 0.228 e. The normalized spacial score (nSPS) is 26.5. The Hall–Kier alpha value is -1.95. The molecule has 1 amide bonds. The maximum atomic E-state index is 13.3. The van der Waals surface area contributed by atoms with Crippen LogP contribution in [0.25, 0.3) is 0 Å². The molecule has 4 rings (SSSR count). The first-order valence-electron chi connectivity index (χ1n) is 9.91. The van der Waals surface area contributed by atoms with Gasteiger partial charge in [0, 0.05) is 37.6 Å². The van der Waals surface area contributed by atoms with Gasteiger partial charge in [-0.2, -0.15) is 0 Å². The molecule has 2 aliphatic heterocycles. The van der Waals surface area contributed by atoms with Crippen LogP contribution in [0.3, 0.4) is 0 Å². The summed E-state index contributed by atoms with van der Waals surface area (Å²) in [6, 6.07) is 12.7. The molecule has 5 nitrogen and oxygen atoms in total. The summed E-state index contributed by atoms with van der Waals surface area (Å²) >= 11 is 6.35. The van der Waals surface area contributed by atoms with Crippen molar-refractivity contribution in [3.63, 3.8) is 0 Å². The Kier molecular flexibility index (Phi) is 5.67. The molecule has 3 atom stereocenters. The maximum absolute atomic E-state index is 13.3. The van der Waals surface area contributed by atoms with Crippen molar-refractivity contribution in [1.82, 2.24) is 15.2 Å². The number of aromatic nitrogens is 1. The Morgan fingerprint density at radius 3 is 2.86 bits per heavy atom. The summed E-state index contributed by atoms with van der Waals surface area (Å²) in [5.41, 5.74) is 1.76. The molecular formula is C22H26ClN3O2. The number of nitrogens with zero attached hydrogens (tertiary/aromatic N) is 2. The summed E-state index contributed by atoms with van der Waals surface area (Å²) < 4.78 is 0. The number of carbonyl (C=O) groups excluding carboxylic acids is 1. The predicted molar refractivity (Wildman–Crippen MR) is 109 cm³/mol. The first-order chi connectivity index (χ1) is 13.6. The highest BCUT2D eigenvalue weighted by molar-refractivity contribution is 6.31. The van der Waals surface area contributed by atoms with Gasteiger partial charge >= 0.3 is 0 Å². The monoisotopic (exact) mass is 399 g/mol. The van der Waals surface area contributed by atoms with Crippen molar-refractivity contribution in [2.24, 2.45) is 5.41 Å². The second-order valence-corrected chi connectivity index (χ2v) is 8.30. The lowest BCUT2D eigenvalue weighted by molar-refractivity contribution is -0.133. The molecule has 2 aliphatic rings. The lowest BCUT2D eigenvalue weighted by atomic mass is 9.69. The van der Waals surface area contributed by atoms with E-state index in [2.05, 4.69) is 27.3 Å². The summed E-state index contributed by atoms with van der Waals surface area (Å²) in [4.78, 5) is 19.8. The molecule has 1 aromatic heterocycles. The maximum Gasteiger partial charge on any atom is 0.228 e. The Balaban J connectivity index is 1.63. The van der Waals surface area contributed by atoms with E-state index in [4.69, 9.17) is 11.6 Å². The molecule has 2 aromatic rings. The molecule has 1 aromatic carbocycles. The van der Waals surface area contributed by atoms with Crippen LogP contribution in [0.4, 0.5) is 0 Å². The Labute approximate surface area is 170 Å². The molecule has 148 valence electrons. The number of aliphatic hydroxyl groups excluding tert-OH is 1. The van der Waals surface area contributed by atoms with Crippen LogP contribution in [0, 0.1) is 5.41 Å². The third kappa shape index (κ3) is 3.54. The number of pyridine rings is 1. The van der Waals surface area contributed by atoms with Gasteiger partial charge in [0.25, 0.3) is 0 Å². The number of rotatable bonds is 7. The van der Waals surface area contributed by atoms with Crippen molar-refractivity contribution >= 4 is 17.5 Å². The lowest BCUT2D eigenvalue weighted by Gasteiger charge is -2.36. The van der Waals surface area contributed by atoms with Crippen LogP contribution >= 0.6 is 11.6 Å². The van der Waals surface area contributed by atoms with Crippen LogP contribution in [-0.4, -0.2) is 46.1 Å². The van der Waals surface area contributed by atoms with Gasteiger partial charge in [-0.05, 0) is 42.9 Å². The average Bonchev–Trinajstić information content (AvgIpc) is 3.23. The van der Waals surface area contributed by atoms with Crippen LogP contribution in [0.1, 0.15) is 30.4 Å². The predicted octanol–water partition coefficient (Wildman–Crippen LogP) is 2.81. The Bertz CT molecular complexity index is 832. The molecule has 0 aliphatic carbocycles. The number of nitrogens with one attached hydrogen (secondary N) is 1. The molecule has 2 saturated heterocycles. The highest BCUT2D eigenvalue weighted by atomic mass is 35.5. The molecule has 0 radical (unpaired) electrons. The largest absolute Gasteiger partial charge is 0.395 e. The molecule has 6 heteroatoms. The van der Waals surface area contributed by atoms with Crippen LogP contribution in [0.15, 0.2) is 48.8 Å². The summed E-state index contributed by atoms with van der Waals surface area (Å²) in [5.74, 6) is 0.0587. The minimum atomic E-state index is -0.473. The highest BCUT2D eigenvalue weighted by Crippen LogP contribution is 2.52. The van der Waals surface area contributed by atoms with E-state index in [0.717, 1.165) is 31.4 Å². The van der Waals surface area contributed by atoms with Gasteiger partial charge in [0.15, 0.2) is 0 Å². The van der Waals surface area contributed by atoms with Gasteiger partial charge in [-0.15, -0.1) is 0 Å². The minimum Gasteiger partial charge on any atom is -0.395 e. The van der Waals surface area contributed by atoms with Crippen LogP contribution < -0.4 is 5.32 Å². The first-order valence-corrected chi connectivity index (χ1v) is 10.3. The summed E-state index contributed by atoms with van der Waals surface area (Å²) in [7, 11) is 0. The van der Waals surface area contributed by atoms with Crippen molar-refractivity contribution in [2.75, 3.05) is 13.2 Å². The van der Waals surface area contributed by atoms with E-state index in [1.165, 1.54) is 5.56 Å². The quantitative estimate of drug-likeness (QED) is 0.751. The zero-order chi connectivity index (χ0) is 19.6. The number of carbonyl (C=O) groups is 1. The van der Waals surface area contributed by atoms with Gasteiger partial charge in [-0.3, -0.25) is 14.7 Å². The third-order valence-electron chi connectivity index (χ3n) is 6.30. The SMILES string of the molecule is O=C(NCCO)[C@]1(Cc2ccccc2)C[C@@H]2CC[C@H]1N2Cc1ccncc1Cl. The third-order valence-corrected chi connectivity index (χ3v) is 6.64. The molecule has 28 heavy (non-hydrogen) atoms. The van der Waals surface area contributed by atoms with E-state index in [0.29, 0.717) is 24.0 Å².